The molecule has 0 spiro atoms. The van der Waals surface area contributed by atoms with Crippen LogP contribution >= 0.6 is 21.6 Å². The number of amides is 3. The quantitative estimate of drug-likeness (QED) is 0.0180. The average Bonchev–Trinajstić information content (AvgIpc) is 4.20. The van der Waals surface area contributed by atoms with Gasteiger partial charge in [0.05, 0.1) is 55.9 Å². The number of ether oxygens (including phenoxy) is 4. The van der Waals surface area contributed by atoms with Gasteiger partial charge in [0.1, 0.15) is 25.1 Å². The molecule has 5 aromatic rings. The first-order valence-corrected chi connectivity index (χ1v) is 31.3. The van der Waals surface area contributed by atoms with Gasteiger partial charge < -0.3 is 48.7 Å². The predicted molar refractivity (Wildman–Crippen MR) is 324 cm³/mol. The molecule has 3 amide bonds. The van der Waals surface area contributed by atoms with Crippen molar-refractivity contribution in [2.24, 2.45) is 5.16 Å². The fraction of sp³-hybridized carbons (Fsp3) is 0.426. The van der Waals surface area contributed by atoms with E-state index in [4.69, 9.17) is 28.0 Å². The van der Waals surface area contributed by atoms with Gasteiger partial charge in [-0.25, -0.2) is 0 Å². The SMILES string of the molecule is CC=NOCCCCC(=O)C(CCSSC(C)(C)CCC(=O)Nc1cc(COc2cc3c(cc2OC)C(=O)N2c4ccccc4C[C@H]2CN3C)cc(COc2cc3c(cc2OC)C(=O)N2c4ccccc4C[C@H]2CN3C)c1)S(=O)(=O)OC. The molecule has 0 radical (unpaired) electrons. The Morgan fingerprint density at radius 1 is 0.732 bits per heavy atom. The maximum atomic E-state index is 14.3. The third-order valence-electron chi connectivity index (χ3n) is 15.3. The van der Waals surface area contributed by atoms with Gasteiger partial charge in [-0.15, -0.1) is 0 Å². The van der Waals surface area contributed by atoms with E-state index >= 15 is 0 Å². The maximum absolute atomic E-state index is 14.3. The summed E-state index contributed by atoms with van der Waals surface area (Å²) < 4.78 is 54.9. The number of fused-ring (bicyclic) bond motifs is 8. The second-order valence-corrected chi connectivity index (χ2v) is 26.5. The highest BCUT2D eigenvalue weighted by Crippen LogP contribution is 2.45. The Balaban J connectivity index is 0.907. The predicted octanol–water partition coefficient (Wildman–Crippen LogP) is 10.3. The van der Waals surface area contributed by atoms with Gasteiger partial charge in [-0.2, -0.15) is 8.42 Å². The molecule has 4 heterocycles. The number of Topliss-reactive ketones (excluding diaryl/α,β-unsaturated/α-hetero) is 1. The molecule has 0 aromatic heterocycles. The minimum Gasteiger partial charge on any atom is -0.493 e. The summed E-state index contributed by atoms with van der Waals surface area (Å²) in [5.74, 6) is 1.20. The molecule has 0 saturated carbocycles. The molecule has 4 aliphatic heterocycles. The topological polar surface area (TPSA) is 195 Å². The van der Waals surface area contributed by atoms with Crippen LogP contribution in [0.4, 0.5) is 28.4 Å². The molecule has 4 aliphatic rings. The summed E-state index contributed by atoms with van der Waals surface area (Å²) in [7, 11) is 7.00. The smallest absolute Gasteiger partial charge is 0.277 e. The van der Waals surface area contributed by atoms with Gasteiger partial charge in [0.15, 0.2) is 28.8 Å². The number of ketones is 1. The zero-order chi connectivity index (χ0) is 58.3. The molecule has 0 aliphatic carbocycles. The summed E-state index contributed by atoms with van der Waals surface area (Å²) in [6, 6.07) is 28.8. The maximum Gasteiger partial charge on any atom is 0.277 e. The van der Waals surface area contributed by atoms with Crippen LogP contribution in [0, 0.1) is 0 Å². The number of nitrogens with zero attached hydrogens (tertiary/aromatic N) is 5. The number of carbonyl (C=O) groups is 4. The Morgan fingerprint density at radius 2 is 1.27 bits per heavy atom. The standard InChI is InChI=1S/C61H72N6O12S3/c1-9-62-79-24-15-14-20-52(68)57(82(72,73)76-8)22-25-80-81-61(2,3)23-21-58(69)63-43-27-39(37-77-55-33-50-46(31-53(55)74-6)59(70)66-44(35-64(50)4)29-41-16-10-12-18-48(41)66)26-40(28-43)38-78-56-34-51-47(32-54(56)75-7)60(71)67-45(36-65(51)5)30-42-17-11-13-19-49(42)67/h9-13,16-19,26-28,31-34,44-45,57H,14-15,20-25,29-30,35-38H2,1-8H3,(H,63,69)/t44-,45-,57?/m0/s1. The Kier molecular flexibility index (Phi) is 19.0. The first kappa shape index (κ1) is 59.7. The van der Waals surface area contributed by atoms with Gasteiger partial charge in [0.25, 0.3) is 21.9 Å². The number of methoxy groups -OCH3 is 2. The largest absolute Gasteiger partial charge is 0.493 e. The van der Waals surface area contributed by atoms with Crippen molar-refractivity contribution in [3.8, 4) is 23.0 Å². The van der Waals surface area contributed by atoms with Crippen molar-refractivity contribution in [2.45, 2.75) is 107 Å². The molecule has 82 heavy (non-hydrogen) atoms. The normalized spacial score (nSPS) is 16.8. The highest BCUT2D eigenvalue weighted by atomic mass is 33.1. The molecule has 0 fully saturated rings. The van der Waals surface area contributed by atoms with E-state index in [1.807, 2.05) is 104 Å². The fourth-order valence-electron chi connectivity index (χ4n) is 11.2. The van der Waals surface area contributed by atoms with Crippen LogP contribution in [0.15, 0.2) is 96.2 Å². The number of hydrogen-bond donors (Lipinski definition) is 1. The lowest BCUT2D eigenvalue weighted by atomic mass is 10.1. The number of carbonyl (C=O) groups excluding carboxylic acids is 4. The van der Waals surface area contributed by atoms with E-state index in [1.54, 1.807) is 33.3 Å². The number of unbranched alkanes of at least 4 members (excludes halogenated alkanes) is 1. The van der Waals surface area contributed by atoms with Crippen LogP contribution in [-0.2, 0) is 54.8 Å². The van der Waals surface area contributed by atoms with Crippen molar-refractivity contribution in [2.75, 3.05) is 85.8 Å². The number of likely N-dealkylation sites (N-methyl/N-ethyl adjacent to an activating group) is 2. The van der Waals surface area contributed by atoms with Gasteiger partial charge in [-0.05, 0) is 124 Å². The molecule has 0 saturated heterocycles. The Bertz CT molecular complexity index is 3180. The molecule has 0 bridgehead atoms. The number of rotatable bonds is 26. The summed E-state index contributed by atoms with van der Waals surface area (Å²) >= 11 is 0. The minimum atomic E-state index is -4.10. The molecule has 21 heteroatoms. The lowest BCUT2D eigenvalue weighted by Crippen LogP contribution is -2.41. The van der Waals surface area contributed by atoms with Gasteiger partial charge in [-0.3, -0.25) is 23.4 Å². The van der Waals surface area contributed by atoms with E-state index in [1.165, 1.54) is 27.8 Å². The Hall–Kier alpha value is -6.94. The Labute approximate surface area is 488 Å². The van der Waals surface area contributed by atoms with Crippen LogP contribution in [0.1, 0.15) is 102 Å². The minimum absolute atomic E-state index is 0.0378. The lowest BCUT2D eigenvalue weighted by molar-refractivity contribution is -0.119. The van der Waals surface area contributed by atoms with E-state index in [9.17, 15) is 27.6 Å². The van der Waals surface area contributed by atoms with Gasteiger partial charge in [0, 0.05) is 85.9 Å². The van der Waals surface area contributed by atoms with Crippen LogP contribution in [0.5, 0.6) is 23.0 Å². The van der Waals surface area contributed by atoms with Crippen molar-refractivity contribution >= 4 is 89.9 Å². The van der Waals surface area contributed by atoms with Gasteiger partial charge in [-0.1, -0.05) is 63.1 Å². The van der Waals surface area contributed by atoms with Crippen LogP contribution < -0.4 is 43.9 Å². The van der Waals surface area contributed by atoms with E-state index < -0.39 is 25.9 Å². The molecular formula is C61H72N6O12S3. The van der Waals surface area contributed by atoms with Crippen LogP contribution in [-0.4, -0.2) is 121 Å². The van der Waals surface area contributed by atoms with Crippen molar-refractivity contribution in [1.29, 1.82) is 0 Å². The number of oxime groups is 1. The zero-order valence-electron chi connectivity index (χ0n) is 47.7. The second-order valence-electron chi connectivity index (χ2n) is 21.5. The molecule has 1 N–H and O–H groups in total. The molecule has 3 atom stereocenters. The average molecular weight is 1180 g/mol. The summed E-state index contributed by atoms with van der Waals surface area (Å²) in [6.45, 7) is 7.45. The van der Waals surface area contributed by atoms with Gasteiger partial charge in [0.2, 0.25) is 5.91 Å². The van der Waals surface area contributed by atoms with Gasteiger partial charge >= 0.3 is 0 Å². The van der Waals surface area contributed by atoms with Crippen molar-refractivity contribution in [3.05, 3.63) is 124 Å². The van der Waals surface area contributed by atoms with E-state index in [-0.39, 0.29) is 62.3 Å². The summed E-state index contributed by atoms with van der Waals surface area (Å²) in [5, 5.41) is 5.52. The number of anilines is 5. The molecule has 9 rings (SSSR count). The highest BCUT2D eigenvalue weighted by Gasteiger charge is 2.41. The zero-order valence-corrected chi connectivity index (χ0v) is 50.2. The number of nitrogens with one attached hydrogen (secondary N) is 1. The molecular weight excluding hydrogens is 1100 g/mol. The van der Waals surface area contributed by atoms with Crippen LogP contribution in [0.3, 0.4) is 0 Å². The summed E-state index contributed by atoms with van der Waals surface area (Å²) in [5.41, 5.74) is 8.53. The number of para-hydroxylation sites is 2. The molecule has 1 unspecified atom stereocenters. The first-order valence-electron chi connectivity index (χ1n) is 27.5. The molecule has 5 aromatic carbocycles. The number of hydrogen-bond acceptors (Lipinski definition) is 17. The monoisotopic (exact) mass is 1180 g/mol. The highest BCUT2D eigenvalue weighted by molar-refractivity contribution is 8.77. The van der Waals surface area contributed by atoms with Crippen molar-refractivity contribution in [3.63, 3.8) is 0 Å². The summed E-state index contributed by atoms with van der Waals surface area (Å²) in [4.78, 5) is 68.7. The van der Waals surface area contributed by atoms with Crippen LogP contribution in [0.25, 0.3) is 0 Å². The third kappa shape index (κ3) is 13.4. The van der Waals surface area contributed by atoms with Crippen molar-refractivity contribution in [1.82, 2.24) is 0 Å². The third-order valence-corrected chi connectivity index (χ3v) is 20.3. The number of benzene rings is 5. The first-order chi connectivity index (χ1) is 39.4. The van der Waals surface area contributed by atoms with E-state index in [2.05, 4.69) is 32.4 Å². The van der Waals surface area contributed by atoms with E-state index in [0.29, 0.717) is 95.7 Å². The fourth-order valence-corrected chi connectivity index (χ4v) is 15.1. The Morgan fingerprint density at radius 3 is 1.78 bits per heavy atom. The molecule has 436 valence electrons. The van der Waals surface area contributed by atoms with E-state index in [0.717, 1.165) is 53.8 Å². The molecule has 18 nitrogen and oxygen atoms in total. The second kappa shape index (κ2) is 26.1. The van der Waals surface area contributed by atoms with Crippen molar-refractivity contribution < 1.29 is 55.6 Å². The van der Waals surface area contributed by atoms with Crippen LogP contribution in [0.2, 0.25) is 0 Å². The lowest BCUT2D eigenvalue weighted by Gasteiger charge is -2.25. The summed E-state index contributed by atoms with van der Waals surface area (Å²) in [6.07, 6.45) is 4.87.